The van der Waals surface area contributed by atoms with Gasteiger partial charge >= 0.3 is 0 Å². The van der Waals surface area contributed by atoms with Crippen LogP contribution < -0.4 is 4.90 Å². The van der Waals surface area contributed by atoms with Gasteiger partial charge in [0.1, 0.15) is 0 Å². The highest BCUT2D eigenvalue weighted by Gasteiger charge is 2.52. The summed E-state index contributed by atoms with van der Waals surface area (Å²) in [5.41, 5.74) is 25.4. The molecule has 0 amide bonds. The van der Waals surface area contributed by atoms with Gasteiger partial charge in [-0.05, 0) is 131 Å². The highest BCUT2D eigenvalue weighted by Crippen LogP contribution is 2.65. The Morgan fingerprint density at radius 2 is 1.01 bits per heavy atom. The number of hydrogen-bond donors (Lipinski definition) is 0. The summed E-state index contributed by atoms with van der Waals surface area (Å²) in [7, 11) is 0. The Bertz CT molecular complexity index is 3570. The maximum Gasteiger partial charge on any atom is 0.0726 e. The van der Waals surface area contributed by atoms with E-state index in [2.05, 4.69) is 243 Å². The third-order valence-electron chi connectivity index (χ3n) is 14.9. The lowest BCUT2D eigenvalue weighted by atomic mass is 9.70. The van der Waals surface area contributed by atoms with Crippen molar-refractivity contribution in [2.24, 2.45) is 0 Å². The van der Waals surface area contributed by atoms with Crippen molar-refractivity contribution < 1.29 is 0 Å². The molecular formula is C65H47NS. The van der Waals surface area contributed by atoms with E-state index in [1.165, 1.54) is 99.5 Å². The van der Waals surface area contributed by atoms with Crippen molar-refractivity contribution in [1.29, 1.82) is 0 Å². The minimum Gasteiger partial charge on any atom is -0.310 e. The SMILES string of the molecule is C=C1/C=C\C=C/CSc2ccc3c(c21)-c1ccccc1C31c2ccccc2-c2ccc(N(c3ccc4c(c3)C(C)(C)c3ccccc3-4)c3ccc(-c4ccccc4)cc3-c3ccccc3)cc21. The molecule has 0 N–H and O–H groups in total. The van der Waals surface area contributed by atoms with Gasteiger partial charge in [0.05, 0.1) is 11.1 Å². The quantitative estimate of drug-likeness (QED) is 0.169. The van der Waals surface area contributed by atoms with Crippen LogP contribution in [0.25, 0.3) is 61.2 Å². The van der Waals surface area contributed by atoms with Crippen LogP contribution in [0.15, 0.2) is 236 Å². The second-order valence-corrected chi connectivity index (χ2v) is 19.8. The molecule has 1 unspecified atom stereocenters. The molecule has 1 nitrogen and oxygen atoms in total. The first-order valence-corrected chi connectivity index (χ1v) is 24.4. The van der Waals surface area contributed by atoms with Gasteiger partial charge in [-0.1, -0.05) is 202 Å². The van der Waals surface area contributed by atoms with Gasteiger partial charge in [-0.25, -0.2) is 0 Å². The van der Waals surface area contributed by atoms with Gasteiger partial charge in [-0.15, -0.1) is 11.8 Å². The van der Waals surface area contributed by atoms with Gasteiger partial charge in [0.2, 0.25) is 0 Å². The van der Waals surface area contributed by atoms with E-state index in [9.17, 15) is 0 Å². The van der Waals surface area contributed by atoms with E-state index in [4.69, 9.17) is 6.58 Å². The fourth-order valence-corrected chi connectivity index (χ4v) is 12.9. The summed E-state index contributed by atoms with van der Waals surface area (Å²) in [6.45, 7) is 9.48. The zero-order valence-corrected chi connectivity index (χ0v) is 38.4. The molecule has 0 radical (unpaired) electrons. The highest BCUT2D eigenvalue weighted by molar-refractivity contribution is 7.99. The van der Waals surface area contributed by atoms with Crippen LogP contribution in [-0.4, -0.2) is 5.75 Å². The third-order valence-corrected chi connectivity index (χ3v) is 15.9. The average Bonchev–Trinajstić information content (AvgIpc) is 3.95. The molecule has 2 heteroatoms. The largest absolute Gasteiger partial charge is 0.310 e. The normalized spacial score (nSPS) is 17.4. The molecule has 4 aliphatic rings. The lowest BCUT2D eigenvalue weighted by Gasteiger charge is -2.33. The van der Waals surface area contributed by atoms with Gasteiger partial charge in [-0.3, -0.25) is 0 Å². The first kappa shape index (κ1) is 39.7. The number of hydrogen-bond acceptors (Lipinski definition) is 2. The van der Waals surface area contributed by atoms with Gasteiger partial charge in [0, 0.05) is 38.6 Å². The van der Waals surface area contributed by atoms with Crippen molar-refractivity contribution >= 4 is 34.4 Å². The van der Waals surface area contributed by atoms with Crippen LogP contribution in [0.4, 0.5) is 17.1 Å². The number of benzene rings is 9. The van der Waals surface area contributed by atoms with Crippen molar-refractivity contribution in [2.45, 2.75) is 29.6 Å². The van der Waals surface area contributed by atoms with Gasteiger partial charge in [0.25, 0.3) is 0 Å². The van der Waals surface area contributed by atoms with Crippen molar-refractivity contribution in [1.82, 2.24) is 0 Å². The summed E-state index contributed by atoms with van der Waals surface area (Å²) in [6, 6.07) is 75.3. The van der Waals surface area contributed by atoms with Crippen LogP contribution in [0, 0.1) is 0 Å². The second kappa shape index (κ2) is 15.2. The molecule has 0 aromatic heterocycles. The van der Waals surface area contributed by atoms with E-state index in [0.717, 1.165) is 28.4 Å². The smallest absolute Gasteiger partial charge is 0.0726 e. The van der Waals surface area contributed by atoms with E-state index < -0.39 is 5.41 Å². The molecule has 1 heterocycles. The molecule has 0 saturated heterocycles. The standard InChI is InChI=1S/C65H47NS/c1-42-19-7-6-18-38-67-61-37-35-57-63(62(42)61)52-26-14-17-29-56(52)65(57)55-28-16-13-25-49(55)51-34-32-47(41-59(51)65)66(46-31-33-50-48-24-12-15-27-54(48)64(2,3)58(50)40-46)60-36-30-45(43-20-8-4-9-21-43)39-53(60)44-22-10-5-11-23-44/h4-37,39-41H,1,38H2,2-3H3/b18-6-,19-7-. The van der Waals surface area contributed by atoms with Gasteiger partial charge in [-0.2, -0.15) is 0 Å². The second-order valence-electron chi connectivity index (χ2n) is 18.8. The topological polar surface area (TPSA) is 3.24 Å². The summed E-state index contributed by atoms with van der Waals surface area (Å²) in [5, 5.41) is 0. The molecule has 67 heavy (non-hydrogen) atoms. The summed E-state index contributed by atoms with van der Waals surface area (Å²) in [4.78, 5) is 3.81. The maximum absolute atomic E-state index is 4.72. The van der Waals surface area contributed by atoms with Crippen LogP contribution in [0.1, 0.15) is 52.8 Å². The molecule has 1 atom stereocenters. The Morgan fingerprint density at radius 3 is 1.75 bits per heavy atom. The lowest BCUT2D eigenvalue weighted by Crippen LogP contribution is -2.26. The lowest BCUT2D eigenvalue weighted by molar-refractivity contribution is 0.660. The van der Waals surface area contributed by atoms with Crippen LogP contribution >= 0.6 is 11.8 Å². The Hall–Kier alpha value is -7.65. The third kappa shape index (κ3) is 5.82. The fourth-order valence-electron chi connectivity index (χ4n) is 12.0. The molecule has 0 fully saturated rings. The van der Waals surface area contributed by atoms with Crippen molar-refractivity contribution in [3.05, 3.63) is 270 Å². The Labute approximate surface area is 398 Å². The number of anilines is 3. The number of nitrogens with zero attached hydrogens (tertiary/aromatic N) is 1. The minimum absolute atomic E-state index is 0.169. The van der Waals surface area contributed by atoms with Crippen LogP contribution in [0.2, 0.25) is 0 Å². The van der Waals surface area contributed by atoms with Gasteiger partial charge < -0.3 is 4.90 Å². The first-order valence-electron chi connectivity index (χ1n) is 23.4. The Balaban J connectivity index is 1.10. The molecule has 9 aromatic rings. The zero-order valence-electron chi connectivity index (χ0n) is 37.6. The molecule has 1 spiro atoms. The molecule has 318 valence electrons. The Kier molecular flexibility index (Phi) is 9.01. The molecule has 13 rings (SSSR count). The number of allylic oxidation sites excluding steroid dienone is 4. The highest BCUT2D eigenvalue weighted by atomic mass is 32.2. The molecule has 1 aliphatic heterocycles. The predicted molar refractivity (Wildman–Crippen MR) is 284 cm³/mol. The van der Waals surface area contributed by atoms with Crippen LogP contribution in [-0.2, 0) is 10.8 Å². The zero-order chi connectivity index (χ0) is 44.9. The van der Waals surface area contributed by atoms with E-state index in [-0.39, 0.29) is 5.41 Å². The maximum atomic E-state index is 4.72. The predicted octanol–water partition coefficient (Wildman–Crippen LogP) is 17.4. The number of rotatable bonds is 5. The average molecular weight is 874 g/mol. The Morgan fingerprint density at radius 1 is 0.433 bits per heavy atom. The number of fused-ring (bicyclic) bond motifs is 15. The summed E-state index contributed by atoms with van der Waals surface area (Å²) in [6.07, 6.45) is 8.72. The number of thioether (sulfide) groups is 1. The molecule has 0 bridgehead atoms. The molecule has 9 aromatic carbocycles. The molecule has 0 saturated carbocycles. The van der Waals surface area contributed by atoms with Crippen molar-refractivity contribution in [3.8, 4) is 55.6 Å². The summed E-state index contributed by atoms with van der Waals surface area (Å²) in [5.74, 6) is 0.907. The molecule has 3 aliphatic carbocycles. The fraction of sp³-hybridized carbons (Fsp3) is 0.0769. The van der Waals surface area contributed by atoms with Crippen molar-refractivity contribution in [2.75, 3.05) is 10.7 Å². The van der Waals surface area contributed by atoms with E-state index >= 15 is 0 Å². The van der Waals surface area contributed by atoms with Crippen LogP contribution in [0.3, 0.4) is 0 Å². The van der Waals surface area contributed by atoms with Crippen molar-refractivity contribution in [3.63, 3.8) is 0 Å². The van der Waals surface area contributed by atoms with E-state index in [0.29, 0.717) is 0 Å². The first-order chi connectivity index (χ1) is 32.9. The van der Waals surface area contributed by atoms with Gasteiger partial charge in [0.15, 0.2) is 0 Å². The van der Waals surface area contributed by atoms with Crippen LogP contribution in [0.5, 0.6) is 0 Å². The summed E-state index contributed by atoms with van der Waals surface area (Å²) >= 11 is 1.89. The van der Waals surface area contributed by atoms with E-state index in [1.807, 2.05) is 11.8 Å². The van der Waals surface area contributed by atoms with E-state index in [1.54, 1.807) is 0 Å². The minimum atomic E-state index is -0.555. The monoisotopic (exact) mass is 873 g/mol. The molecular weight excluding hydrogens is 827 g/mol. The summed E-state index contributed by atoms with van der Waals surface area (Å²) < 4.78 is 0.